The maximum absolute atomic E-state index is 10.5. The minimum atomic E-state index is -4.15. The van der Waals surface area contributed by atoms with Gasteiger partial charge in [-0.2, -0.15) is 0 Å². The highest BCUT2D eigenvalue weighted by molar-refractivity contribution is 7.51. The molecule has 2 atom stereocenters. The zero-order valence-electron chi connectivity index (χ0n) is 7.92. The molecule has 0 aromatic rings. The Morgan fingerprint density at radius 1 is 1.38 bits per heavy atom. The fourth-order valence-corrected chi connectivity index (χ4v) is 1.84. The number of rotatable bonds is 5. The second-order valence-corrected chi connectivity index (χ2v) is 5.40. The first kappa shape index (κ1) is 13.1. The summed E-state index contributed by atoms with van der Waals surface area (Å²) in [5.74, 6) is 0.307. The van der Waals surface area contributed by atoms with Gasteiger partial charge in [0.2, 0.25) is 0 Å². The lowest BCUT2D eigenvalue weighted by Gasteiger charge is -2.20. The van der Waals surface area contributed by atoms with Gasteiger partial charge in [-0.25, -0.2) is 0 Å². The van der Waals surface area contributed by atoms with Crippen molar-refractivity contribution >= 4 is 7.60 Å². The third-order valence-corrected chi connectivity index (χ3v) is 2.51. The topological polar surface area (TPSA) is 104 Å². The average molecular weight is 211 g/mol. The van der Waals surface area contributed by atoms with Crippen LogP contribution in [0.4, 0.5) is 0 Å². The minimum absolute atomic E-state index is 0.307. The Labute approximate surface area is 78.1 Å². The number of hydrogen-bond acceptors (Lipinski definition) is 3. The van der Waals surface area contributed by atoms with Gasteiger partial charge in [0.05, 0.1) is 12.3 Å². The molecular weight excluding hydrogens is 193 g/mol. The third kappa shape index (κ3) is 7.16. The van der Waals surface area contributed by atoms with Crippen molar-refractivity contribution in [3.8, 4) is 0 Å². The van der Waals surface area contributed by atoms with Gasteiger partial charge in [0.15, 0.2) is 0 Å². The summed E-state index contributed by atoms with van der Waals surface area (Å²) in [4.78, 5) is 17.1. The van der Waals surface area contributed by atoms with E-state index in [1.807, 2.05) is 13.8 Å². The quantitative estimate of drug-likeness (QED) is 0.475. The fraction of sp³-hybridized carbons (Fsp3) is 1.00. The summed E-state index contributed by atoms with van der Waals surface area (Å²) in [5.41, 5.74) is 5.53. The average Bonchev–Trinajstić information content (AvgIpc) is 1.81. The molecule has 0 spiro atoms. The molecule has 0 amide bonds. The first-order valence-corrected chi connectivity index (χ1v) is 6.00. The molecular formula is C7H18NO4P. The maximum Gasteiger partial charge on any atom is 0.328 e. The first-order chi connectivity index (χ1) is 5.72. The van der Waals surface area contributed by atoms with Crippen molar-refractivity contribution in [3.05, 3.63) is 0 Å². The zero-order valence-corrected chi connectivity index (χ0v) is 8.82. The Bertz CT molecular complexity index is 191. The smallest absolute Gasteiger partial charge is 0.328 e. The molecule has 0 radical (unpaired) electrons. The highest BCUT2D eigenvalue weighted by Crippen LogP contribution is 2.35. The molecule has 80 valence electrons. The molecule has 0 rings (SSSR count). The van der Waals surface area contributed by atoms with E-state index in [9.17, 15) is 9.67 Å². The lowest BCUT2D eigenvalue weighted by atomic mass is 10.0. The van der Waals surface area contributed by atoms with E-state index in [4.69, 9.17) is 15.5 Å². The molecule has 0 aliphatic heterocycles. The van der Waals surface area contributed by atoms with Gasteiger partial charge in [0, 0.05) is 6.04 Å². The lowest BCUT2D eigenvalue weighted by molar-refractivity contribution is 0.148. The second kappa shape index (κ2) is 5.08. The molecule has 5 N–H and O–H groups in total. The molecule has 0 bridgehead atoms. The molecule has 6 heteroatoms. The summed E-state index contributed by atoms with van der Waals surface area (Å²) in [6.45, 7) is 3.87. The van der Waals surface area contributed by atoms with Gasteiger partial charge >= 0.3 is 7.60 Å². The van der Waals surface area contributed by atoms with Gasteiger partial charge < -0.3 is 20.6 Å². The number of nitrogens with two attached hydrogens (primary N) is 1. The van der Waals surface area contributed by atoms with E-state index < -0.39 is 25.9 Å². The largest absolute Gasteiger partial charge is 0.391 e. The van der Waals surface area contributed by atoms with Crippen LogP contribution in [-0.2, 0) is 4.57 Å². The third-order valence-electron chi connectivity index (χ3n) is 1.66. The van der Waals surface area contributed by atoms with Crippen molar-refractivity contribution in [2.75, 3.05) is 6.16 Å². The molecule has 0 saturated heterocycles. The van der Waals surface area contributed by atoms with Gasteiger partial charge in [0.25, 0.3) is 0 Å². The molecule has 0 heterocycles. The maximum atomic E-state index is 10.5. The van der Waals surface area contributed by atoms with E-state index in [0.717, 1.165) is 0 Å². The van der Waals surface area contributed by atoms with Crippen molar-refractivity contribution in [1.29, 1.82) is 0 Å². The van der Waals surface area contributed by atoms with Gasteiger partial charge in [-0.3, -0.25) is 4.57 Å². The Morgan fingerprint density at radius 2 is 1.85 bits per heavy atom. The monoisotopic (exact) mass is 211 g/mol. The molecule has 0 unspecified atom stereocenters. The molecule has 0 fully saturated rings. The molecule has 0 saturated carbocycles. The van der Waals surface area contributed by atoms with E-state index in [1.54, 1.807) is 0 Å². The van der Waals surface area contributed by atoms with E-state index in [2.05, 4.69) is 0 Å². The Balaban J connectivity index is 3.96. The van der Waals surface area contributed by atoms with E-state index >= 15 is 0 Å². The normalized spacial score (nSPS) is 17.5. The molecule has 5 nitrogen and oxygen atoms in total. The van der Waals surface area contributed by atoms with E-state index in [1.165, 1.54) is 0 Å². The van der Waals surface area contributed by atoms with Gasteiger partial charge in [-0.05, 0) is 12.3 Å². The van der Waals surface area contributed by atoms with Crippen molar-refractivity contribution in [2.24, 2.45) is 11.7 Å². The second-order valence-electron chi connectivity index (χ2n) is 3.71. The molecule has 0 aliphatic carbocycles. The summed E-state index contributed by atoms with van der Waals surface area (Å²) >= 11 is 0. The Hall–Kier alpha value is 0.0700. The van der Waals surface area contributed by atoms with Crippen molar-refractivity contribution in [1.82, 2.24) is 0 Å². The predicted octanol–water partition coefficient (Wildman–Crippen LogP) is -0.102. The highest BCUT2D eigenvalue weighted by atomic mass is 31.2. The summed E-state index contributed by atoms with van der Waals surface area (Å²) in [6, 6.07) is -0.562. The van der Waals surface area contributed by atoms with Crippen LogP contribution < -0.4 is 5.73 Å². The highest BCUT2D eigenvalue weighted by Gasteiger charge is 2.24. The van der Waals surface area contributed by atoms with Crippen molar-refractivity contribution in [3.63, 3.8) is 0 Å². The van der Waals surface area contributed by atoms with Crippen LogP contribution >= 0.6 is 7.60 Å². The van der Waals surface area contributed by atoms with Crippen molar-refractivity contribution in [2.45, 2.75) is 32.4 Å². The van der Waals surface area contributed by atoms with Crippen LogP contribution in [0.25, 0.3) is 0 Å². The summed E-state index contributed by atoms with van der Waals surface area (Å²) in [5, 5.41) is 9.28. The van der Waals surface area contributed by atoms with E-state index in [-0.39, 0.29) is 0 Å². The van der Waals surface area contributed by atoms with Gasteiger partial charge in [-0.15, -0.1) is 0 Å². The standard InChI is InChI=1S/C7H18NO4P/c1-5(2)3-6(8)7(9)4-13(10,11)12/h5-7,9H,3-4,8H2,1-2H3,(H2,10,11,12)/t6-,7-/m0/s1. The van der Waals surface area contributed by atoms with Gasteiger partial charge in [-0.1, -0.05) is 13.8 Å². The van der Waals surface area contributed by atoms with Crippen LogP contribution in [0.1, 0.15) is 20.3 Å². The van der Waals surface area contributed by atoms with Crippen LogP contribution in [0.2, 0.25) is 0 Å². The Kier molecular flexibility index (Phi) is 5.10. The number of aliphatic hydroxyl groups excluding tert-OH is 1. The lowest BCUT2D eigenvalue weighted by Crippen LogP contribution is -2.38. The van der Waals surface area contributed by atoms with Gasteiger partial charge in [0.1, 0.15) is 0 Å². The predicted molar refractivity (Wildman–Crippen MR) is 50.3 cm³/mol. The molecule has 0 aliphatic rings. The SMILES string of the molecule is CC(C)C[C@H](N)[C@@H](O)CP(=O)(O)O. The van der Waals surface area contributed by atoms with E-state index in [0.29, 0.717) is 12.3 Å². The van der Waals surface area contributed by atoms with Crippen LogP contribution in [0.3, 0.4) is 0 Å². The fourth-order valence-electron chi connectivity index (χ4n) is 1.08. The summed E-state index contributed by atoms with van der Waals surface area (Å²) in [6.07, 6.45) is -1.12. The number of aliphatic hydroxyl groups is 1. The molecule has 13 heavy (non-hydrogen) atoms. The number of hydrogen-bond donors (Lipinski definition) is 4. The van der Waals surface area contributed by atoms with Crippen LogP contribution in [0.15, 0.2) is 0 Å². The van der Waals surface area contributed by atoms with Crippen molar-refractivity contribution < 1.29 is 19.5 Å². The minimum Gasteiger partial charge on any atom is -0.391 e. The first-order valence-electron chi connectivity index (χ1n) is 4.20. The summed E-state index contributed by atoms with van der Waals surface area (Å²) < 4.78 is 10.5. The van der Waals surface area contributed by atoms with Crippen LogP contribution in [0, 0.1) is 5.92 Å². The molecule has 0 aromatic heterocycles. The Morgan fingerprint density at radius 3 is 2.15 bits per heavy atom. The van der Waals surface area contributed by atoms with Crippen LogP contribution in [0.5, 0.6) is 0 Å². The summed E-state index contributed by atoms with van der Waals surface area (Å²) in [7, 11) is -4.15. The zero-order chi connectivity index (χ0) is 10.6. The molecule has 0 aromatic carbocycles. The van der Waals surface area contributed by atoms with Crippen LogP contribution in [-0.4, -0.2) is 33.2 Å².